The van der Waals surface area contributed by atoms with Crippen LogP contribution < -0.4 is 10.6 Å². The maximum atomic E-state index is 5.08. The van der Waals surface area contributed by atoms with Crippen molar-refractivity contribution in [3.8, 4) is 0 Å². The molecule has 1 atom stereocenters. The van der Waals surface area contributed by atoms with Gasteiger partial charge in [-0.25, -0.2) is 0 Å². The number of methoxy groups -OCH3 is 2. The SMILES string of the molecule is COC(CNCC1CCCCN1)OC. The molecule has 84 valence electrons. The Hall–Kier alpha value is -0.160. The number of nitrogens with one attached hydrogen (secondary N) is 2. The van der Waals surface area contributed by atoms with Crippen molar-refractivity contribution >= 4 is 0 Å². The third-order valence-corrected chi connectivity index (χ3v) is 2.64. The van der Waals surface area contributed by atoms with Gasteiger partial charge < -0.3 is 20.1 Å². The topological polar surface area (TPSA) is 42.5 Å². The molecule has 2 N–H and O–H groups in total. The molecule has 0 radical (unpaired) electrons. The van der Waals surface area contributed by atoms with Crippen LogP contribution in [0.1, 0.15) is 19.3 Å². The monoisotopic (exact) mass is 202 g/mol. The molecule has 1 heterocycles. The Morgan fingerprint density at radius 2 is 2.14 bits per heavy atom. The minimum Gasteiger partial charge on any atom is -0.355 e. The van der Waals surface area contributed by atoms with Gasteiger partial charge in [0.15, 0.2) is 6.29 Å². The Bertz CT molecular complexity index is 134. The van der Waals surface area contributed by atoms with E-state index < -0.39 is 0 Å². The van der Waals surface area contributed by atoms with E-state index in [1.54, 1.807) is 14.2 Å². The van der Waals surface area contributed by atoms with Crippen molar-refractivity contribution in [3.05, 3.63) is 0 Å². The maximum absolute atomic E-state index is 5.08. The summed E-state index contributed by atoms with van der Waals surface area (Å²) >= 11 is 0. The molecule has 0 aliphatic carbocycles. The molecule has 0 bridgehead atoms. The lowest BCUT2D eigenvalue weighted by Gasteiger charge is -2.24. The van der Waals surface area contributed by atoms with Crippen LogP contribution in [0, 0.1) is 0 Å². The van der Waals surface area contributed by atoms with Gasteiger partial charge in [0, 0.05) is 33.4 Å². The normalized spacial score (nSPS) is 22.9. The van der Waals surface area contributed by atoms with Gasteiger partial charge in [0.05, 0.1) is 0 Å². The summed E-state index contributed by atoms with van der Waals surface area (Å²) in [6.07, 6.45) is 3.81. The molecule has 0 amide bonds. The zero-order valence-corrected chi connectivity index (χ0v) is 9.21. The summed E-state index contributed by atoms with van der Waals surface area (Å²) in [6, 6.07) is 0.623. The van der Waals surface area contributed by atoms with Gasteiger partial charge >= 0.3 is 0 Å². The van der Waals surface area contributed by atoms with Gasteiger partial charge in [-0.15, -0.1) is 0 Å². The third kappa shape index (κ3) is 4.37. The van der Waals surface area contributed by atoms with Crippen LogP contribution >= 0.6 is 0 Å². The fourth-order valence-electron chi connectivity index (χ4n) is 1.74. The van der Waals surface area contributed by atoms with Crippen molar-refractivity contribution in [1.29, 1.82) is 0 Å². The lowest BCUT2D eigenvalue weighted by Crippen LogP contribution is -2.43. The summed E-state index contributed by atoms with van der Waals surface area (Å²) in [5.74, 6) is 0. The third-order valence-electron chi connectivity index (χ3n) is 2.64. The number of piperidine rings is 1. The standard InChI is InChI=1S/C10H22N2O2/c1-13-10(14-2)8-11-7-9-5-3-4-6-12-9/h9-12H,3-8H2,1-2H3. The quantitative estimate of drug-likeness (QED) is 0.609. The summed E-state index contributed by atoms with van der Waals surface area (Å²) in [4.78, 5) is 0. The average Bonchev–Trinajstić information content (AvgIpc) is 2.26. The number of hydrogen-bond donors (Lipinski definition) is 2. The fraction of sp³-hybridized carbons (Fsp3) is 1.00. The van der Waals surface area contributed by atoms with Crippen LogP contribution in [0.2, 0.25) is 0 Å². The molecule has 4 nitrogen and oxygen atoms in total. The summed E-state index contributed by atoms with van der Waals surface area (Å²) in [5, 5.41) is 6.83. The van der Waals surface area contributed by atoms with Crippen molar-refractivity contribution in [2.75, 3.05) is 33.9 Å². The number of rotatable bonds is 6. The molecule has 0 aromatic heterocycles. The summed E-state index contributed by atoms with van der Waals surface area (Å²) < 4.78 is 10.2. The fourth-order valence-corrected chi connectivity index (χ4v) is 1.74. The second-order valence-corrected chi connectivity index (χ2v) is 3.71. The molecule has 14 heavy (non-hydrogen) atoms. The second kappa shape index (κ2) is 7.17. The zero-order chi connectivity index (χ0) is 10.2. The Morgan fingerprint density at radius 1 is 1.36 bits per heavy atom. The van der Waals surface area contributed by atoms with Crippen LogP contribution in [-0.2, 0) is 9.47 Å². The first-order valence-corrected chi connectivity index (χ1v) is 5.36. The van der Waals surface area contributed by atoms with Gasteiger partial charge in [-0.3, -0.25) is 0 Å². The smallest absolute Gasteiger partial charge is 0.169 e. The van der Waals surface area contributed by atoms with Crippen LogP contribution in [0.5, 0.6) is 0 Å². The minimum atomic E-state index is -0.126. The van der Waals surface area contributed by atoms with Gasteiger partial charge in [0.25, 0.3) is 0 Å². The molecule has 1 aliphatic heterocycles. The van der Waals surface area contributed by atoms with Crippen LogP contribution in [0.4, 0.5) is 0 Å². The predicted molar refractivity (Wildman–Crippen MR) is 56.3 cm³/mol. The number of ether oxygens (including phenoxy) is 2. The highest BCUT2D eigenvalue weighted by molar-refractivity contribution is 4.74. The van der Waals surface area contributed by atoms with Gasteiger partial charge in [-0.2, -0.15) is 0 Å². The van der Waals surface area contributed by atoms with Crippen LogP contribution in [0.15, 0.2) is 0 Å². The molecule has 1 aliphatic rings. The van der Waals surface area contributed by atoms with E-state index in [2.05, 4.69) is 10.6 Å². The van der Waals surface area contributed by atoms with E-state index in [9.17, 15) is 0 Å². The van der Waals surface area contributed by atoms with Gasteiger partial charge in [0.1, 0.15) is 0 Å². The van der Waals surface area contributed by atoms with E-state index in [1.165, 1.54) is 19.3 Å². The van der Waals surface area contributed by atoms with Crippen molar-refractivity contribution in [3.63, 3.8) is 0 Å². The second-order valence-electron chi connectivity index (χ2n) is 3.71. The largest absolute Gasteiger partial charge is 0.355 e. The van der Waals surface area contributed by atoms with Crippen molar-refractivity contribution < 1.29 is 9.47 Å². The zero-order valence-electron chi connectivity index (χ0n) is 9.21. The van der Waals surface area contributed by atoms with E-state index in [0.29, 0.717) is 6.04 Å². The molecular formula is C10H22N2O2. The average molecular weight is 202 g/mol. The lowest BCUT2D eigenvalue weighted by atomic mass is 10.1. The summed E-state index contributed by atoms with van der Waals surface area (Å²) in [5.41, 5.74) is 0. The Kier molecular flexibility index (Phi) is 6.10. The van der Waals surface area contributed by atoms with Gasteiger partial charge in [0.2, 0.25) is 0 Å². The molecule has 1 fully saturated rings. The first-order chi connectivity index (χ1) is 6.86. The summed E-state index contributed by atoms with van der Waals surface area (Å²) in [6.45, 7) is 2.92. The van der Waals surface area contributed by atoms with E-state index >= 15 is 0 Å². The highest BCUT2D eigenvalue weighted by atomic mass is 16.7. The van der Waals surface area contributed by atoms with E-state index in [4.69, 9.17) is 9.47 Å². The highest BCUT2D eigenvalue weighted by Crippen LogP contribution is 2.05. The highest BCUT2D eigenvalue weighted by Gasteiger charge is 2.12. The molecule has 1 unspecified atom stereocenters. The number of hydrogen-bond acceptors (Lipinski definition) is 4. The Morgan fingerprint density at radius 3 is 2.71 bits per heavy atom. The minimum absolute atomic E-state index is 0.126. The molecule has 0 saturated carbocycles. The molecule has 1 saturated heterocycles. The molecule has 4 heteroatoms. The molecular weight excluding hydrogens is 180 g/mol. The van der Waals surface area contributed by atoms with Crippen LogP contribution in [-0.4, -0.2) is 46.2 Å². The van der Waals surface area contributed by atoms with Crippen molar-refractivity contribution in [2.24, 2.45) is 0 Å². The Labute approximate surface area is 86.3 Å². The molecule has 1 rings (SSSR count). The first-order valence-electron chi connectivity index (χ1n) is 5.36. The van der Waals surface area contributed by atoms with Crippen LogP contribution in [0.3, 0.4) is 0 Å². The molecule has 0 aromatic carbocycles. The lowest BCUT2D eigenvalue weighted by molar-refractivity contribution is -0.0988. The van der Waals surface area contributed by atoms with Gasteiger partial charge in [-0.1, -0.05) is 6.42 Å². The molecule has 0 spiro atoms. The van der Waals surface area contributed by atoms with E-state index in [0.717, 1.165) is 19.6 Å². The first kappa shape index (κ1) is 11.9. The predicted octanol–water partition coefficient (Wildman–Crippen LogP) is 0.337. The van der Waals surface area contributed by atoms with E-state index in [1.807, 2.05) is 0 Å². The molecule has 0 aromatic rings. The van der Waals surface area contributed by atoms with Crippen LogP contribution in [0.25, 0.3) is 0 Å². The van der Waals surface area contributed by atoms with Gasteiger partial charge in [-0.05, 0) is 19.4 Å². The maximum Gasteiger partial charge on any atom is 0.169 e. The van der Waals surface area contributed by atoms with Crippen molar-refractivity contribution in [1.82, 2.24) is 10.6 Å². The van der Waals surface area contributed by atoms with Crippen molar-refractivity contribution in [2.45, 2.75) is 31.6 Å². The summed E-state index contributed by atoms with van der Waals surface area (Å²) in [7, 11) is 3.32. The Balaban J connectivity index is 2.01. The van der Waals surface area contributed by atoms with E-state index in [-0.39, 0.29) is 6.29 Å².